The Labute approximate surface area is 310 Å². The molecule has 0 unspecified atom stereocenters. The Kier molecular flexibility index (Phi) is 14.7. The van der Waals surface area contributed by atoms with E-state index in [4.69, 9.17) is 9.47 Å². The number of nitrogens with one attached hydrogen (secondary N) is 4. The summed E-state index contributed by atoms with van der Waals surface area (Å²) in [6, 6.07) is 12.2. The zero-order chi connectivity index (χ0) is 38.5. The Morgan fingerprint density at radius 1 is 0.906 bits per heavy atom. The van der Waals surface area contributed by atoms with Crippen molar-refractivity contribution in [2.45, 2.75) is 84.5 Å². The Hall–Kier alpha value is -5.47. The molecule has 0 saturated heterocycles. The number of rotatable bonds is 8. The molecule has 1 aromatic heterocycles. The van der Waals surface area contributed by atoms with E-state index in [9.17, 15) is 24.0 Å². The van der Waals surface area contributed by atoms with Crippen molar-refractivity contribution in [1.29, 1.82) is 0 Å². The number of aromatic nitrogens is 3. The first-order valence-electron chi connectivity index (χ1n) is 18.0. The van der Waals surface area contributed by atoms with Crippen LogP contribution in [0.15, 0.2) is 48.5 Å². The van der Waals surface area contributed by atoms with E-state index in [1.807, 2.05) is 56.3 Å². The molecule has 0 spiro atoms. The summed E-state index contributed by atoms with van der Waals surface area (Å²) in [5.74, 6) is -0.00176. The number of hydrogen-bond donors (Lipinski definition) is 4. The Balaban J connectivity index is 1.56. The molecule has 286 valence electrons. The van der Waals surface area contributed by atoms with Gasteiger partial charge in [-0.1, -0.05) is 50.2 Å². The first-order valence-corrected chi connectivity index (χ1v) is 18.0. The molecule has 0 saturated carbocycles. The predicted octanol–water partition coefficient (Wildman–Crippen LogP) is 2.02. The van der Waals surface area contributed by atoms with E-state index in [1.165, 1.54) is 4.68 Å². The summed E-state index contributed by atoms with van der Waals surface area (Å²) in [4.78, 5) is 73.2. The van der Waals surface area contributed by atoms with Gasteiger partial charge in [-0.2, -0.15) is 5.10 Å². The van der Waals surface area contributed by atoms with Crippen molar-refractivity contribution in [2.75, 3.05) is 33.9 Å². The summed E-state index contributed by atoms with van der Waals surface area (Å²) < 4.78 is 12.2. The summed E-state index contributed by atoms with van der Waals surface area (Å²) in [5.41, 5.74) is 1.73. The van der Waals surface area contributed by atoms with Gasteiger partial charge in [-0.3, -0.25) is 24.0 Å². The lowest BCUT2D eigenvalue weighted by Crippen LogP contribution is -2.54. The van der Waals surface area contributed by atoms with Crippen LogP contribution in [0, 0.1) is 12.8 Å². The lowest BCUT2D eigenvalue weighted by atomic mass is 10.0. The van der Waals surface area contributed by atoms with Gasteiger partial charge < -0.3 is 35.6 Å². The highest BCUT2D eigenvalue weighted by Gasteiger charge is 2.31. The molecule has 0 fully saturated rings. The quantitative estimate of drug-likeness (QED) is 0.269. The van der Waals surface area contributed by atoms with E-state index in [2.05, 4.69) is 31.3 Å². The summed E-state index contributed by atoms with van der Waals surface area (Å²) in [7, 11) is 3.11. The standard InChI is InChI=1S/C38H52N8O7/c1-24(2)35-36-41-26(4)44-46(36)23-33(48)39-18-20-45(34(49)17-15-28-14-16-30(52-5)31(22-28)53-6)19-10-13-32(47)40-25(3)37(50)42-29(38(51)43-35)21-27-11-8-7-9-12-27/h7-9,11-12,14,16,22,24-25,29,35H,10,13,15,17-21,23H2,1-6H3,(H,39,48)(H,40,47)(H,42,50)(H,43,51)/t25-,29+,35-/m0/s1. The molecule has 0 bridgehead atoms. The van der Waals surface area contributed by atoms with Gasteiger partial charge in [0.05, 0.1) is 20.3 Å². The summed E-state index contributed by atoms with van der Waals surface area (Å²) in [5, 5.41) is 15.9. The molecule has 2 aromatic carbocycles. The topological polar surface area (TPSA) is 186 Å². The normalized spacial score (nSPS) is 19.7. The second-order valence-electron chi connectivity index (χ2n) is 13.5. The highest BCUT2D eigenvalue weighted by molar-refractivity contribution is 5.92. The number of amides is 5. The number of benzene rings is 2. The van der Waals surface area contributed by atoms with Crippen LogP contribution in [0.5, 0.6) is 11.5 Å². The van der Waals surface area contributed by atoms with Crippen molar-refractivity contribution < 1.29 is 33.4 Å². The number of aryl methyl sites for hydroxylation is 2. The fourth-order valence-electron chi connectivity index (χ4n) is 6.10. The molecule has 1 aliphatic heterocycles. The maximum atomic E-state index is 13.9. The molecule has 15 heteroatoms. The molecule has 3 atom stereocenters. The zero-order valence-electron chi connectivity index (χ0n) is 31.4. The largest absolute Gasteiger partial charge is 0.493 e. The zero-order valence-corrected chi connectivity index (χ0v) is 31.4. The number of nitrogens with zero attached hydrogens (tertiary/aromatic N) is 4. The van der Waals surface area contributed by atoms with Crippen LogP contribution in [0.25, 0.3) is 0 Å². The van der Waals surface area contributed by atoms with Crippen LogP contribution in [-0.4, -0.2) is 95.1 Å². The average Bonchev–Trinajstić information content (AvgIpc) is 3.49. The van der Waals surface area contributed by atoms with Crippen molar-refractivity contribution >= 4 is 29.5 Å². The maximum Gasteiger partial charge on any atom is 0.243 e. The molecule has 53 heavy (non-hydrogen) atoms. The molecule has 1 aliphatic rings. The Morgan fingerprint density at radius 2 is 1.64 bits per heavy atom. The van der Waals surface area contributed by atoms with Gasteiger partial charge in [-0.25, -0.2) is 9.67 Å². The van der Waals surface area contributed by atoms with E-state index < -0.39 is 29.9 Å². The second kappa shape index (κ2) is 19.4. The summed E-state index contributed by atoms with van der Waals surface area (Å²) >= 11 is 0. The molecule has 0 radical (unpaired) electrons. The summed E-state index contributed by atoms with van der Waals surface area (Å²) in [6.45, 7) is 7.57. The van der Waals surface area contributed by atoms with E-state index in [0.717, 1.165) is 11.1 Å². The molecular weight excluding hydrogens is 680 g/mol. The first kappa shape index (κ1) is 40.3. The lowest BCUT2D eigenvalue weighted by Gasteiger charge is -2.27. The number of ether oxygens (including phenoxy) is 2. The van der Waals surface area contributed by atoms with Gasteiger partial charge in [-0.15, -0.1) is 0 Å². The van der Waals surface area contributed by atoms with Gasteiger partial charge in [-0.05, 0) is 55.9 Å². The molecule has 15 nitrogen and oxygen atoms in total. The number of carbonyl (C=O) groups excluding carboxylic acids is 5. The van der Waals surface area contributed by atoms with Crippen LogP contribution in [0.3, 0.4) is 0 Å². The van der Waals surface area contributed by atoms with Crippen LogP contribution in [0.2, 0.25) is 0 Å². The molecule has 0 aliphatic carbocycles. The number of methoxy groups -OCH3 is 2. The molecular formula is C38H52N8O7. The summed E-state index contributed by atoms with van der Waals surface area (Å²) in [6.07, 6.45) is 1.23. The van der Waals surface area contributed by atoms with E-state index >= 15 is 0 Å². The average molecular weight is 733 g/mol. The van der Waals surface area contributed by atoms with E-state index in [-0.39, 0.29) is 69.1 Å². The predicted molar refractivity (Wildman–Crippen MR) is 197 cm³/mol. The molecule has 2 heterocycles. The third-order valence-corrected chi connectivity index (χ3v) is 8.99. The molecule has 3 aromatic rings. The highest BCUT2D eigenvalue weighted by atomic mass is 16.5. The van der Waals surface area contributed by atoms with Crippen LogP contribution in [-0.2, 0) is 43.4 Å². The third kappa shape index (κ3) is 11.8. The number of hydrogen-bond acceptors (Lipinski definition) is 9. The second-order valence-corrected chi connectivity index (χ2v) is 13.5. The van der Waals surface area contributed by atoms with Crippen LogP contribution in [0.1, 0.15) is 68.9 Å². The fraction of sp³-hybridized carbons (Fsp3) is 0.500. The van der Waals surface area contributed by atoms with Gasteiger partial charge in [0.1, 0.15) is 24.5 Å². The van der Waals surface area contributed by atoms with E-state index in [1.54, 1.807) is 39.0 Å². The van der Waals surface area contributed by atoms with Crippen LogP contribution < -0.4 is 30.7 Å². The van der Waals surface area contributed by atoms with Gasteiger partial charge in [0.25, 0.3) is 0 Å². The van der Waals surface area contributed by atoms with Crippen molar-refractivity contribution in [3.05, 3.63) is 71.3 Å². The number of fused-ring (bicyclic) bond motifs is 1. The molecule has 5 amide bonds. The monoisotopic (exact) mass is 732 g/mol. The van der Waals surface area contributed by atoms with Gasteiger partial charge >= 0.3 is 0 Å². The Bertz CT molecular complexity index is 1730. The first-order chi connectivity index (χ1) is 25.4. The number of carbonyl (C=O) groups is 5. The van der Waals surface area contributed by atoms with Gasteiger partial charge in [0, 0.05) is 38.9 Å². The van der Waals surface area contributed by atoms with Crippen molar-refractivity contribution in [1.82, 2.24) is 40.9 Å². The fourth-order valence-corrected chi connectivity index (χ4v) is 6.10. The van der Waals surface area contributed by atoms with Gasteiger partial charge in [0.2, 0.25) is 29.5 Å². The Morgan fingerprint density at radius 3 is 2.34 bits per heavy atom. The van der Waals surface area contributed by atoms with E-state index in [0.29, 0.717) is 36.0 Å². The van der Waals surface area contributed by atoms with Crippen LogP contribution in [0.4, 0.5) is 0 Å². The van der Waals surface area contributed by atoms with Gasteiger partial charge in [0.15, 0.2) is 17.3 Å². The van der Waals surface area contributed by atoms with Crippen molar-refractivity contribution in [2.24, 2.45) is 5.92 Å². The third-order valence-electron chi connectivity index (χ3n) is 8.99. The lowest BCUT2D eigenvalue weighted by molar-refractivity contribution is -0.133. The smallest absolute Gasteiger partial charge is 0.243 e. The van der Waals surface area contributed by atoms with Crippen molar-refractivity contribution in [3.63, 3.8) is 0 Å². The maximum absolute atomic E-state index is 13.9. The minimum atomic E-state index is -0.976. The van der Waals surface area contributed by atoms with Crippen LogP contribution >= 0.6 is 0 Å². The SMILES string of the molecule is COc1ccc(CCC(=O)N2CCCC(=O)N[C@@H](C)C(=O)N[C@H](Cc3ccccc3)C(=O)N[C@@H](C(C)C)c3nc(C)nn3CC(=O)NCC2)cc1OC. The minimum Gasteiger partial charge on any atom is -0.493 e. The molecule has 4 N–H and O–H groups in total. The highest BCUT2D eigenvalue weighted by Crippen LogP contribution is 2.28. The minimum absolute atomic E-state index is 0.0574. The van der Waals surface area contributed by atoms with Crippen molar-refractivity contribution in [3.8, 4) is 11.5 Å². The molecule has 4 rings (SSSR count).